The number of piperidine rings is 1. The Hall–Kier alpha value is -1.05. The topological polar surface area (TPSA) is 66.5 Å². The van der Waals surface area contributed by atoms with Crippen molar-refractivity contribution < 1.29 is 13.2 Å². The van der Waals surface area contributed by atoms with Crippen LogP contribution in [0.25, 0.3) is 0 Å². The number of carbonyl (C=O) groups excluding carboxylic acids is 1. The van der Waals surface area contributed by atoms with Crippen LogP contribution in [0.3, 0.4) is 0 Å². The van der Waals surface area contributed by atoms with Crippen molar-refractivity contribution in [1.82, 2.24) is 9.62 Å². The van der Waals surface area contributed by atoms with Gasteiger partial charge < -0.3 is 5.32 Å². The zero-order chi connectivity index (χ0) is 17.4. The molecular formula is C17H26N2O3S2. The standard InChI is InChI=1S/C17H26N2O3S2/c1-2-11-23-14-17(20)18-13-15-7-6-8-16(12-15)24(21,22)19-9-4-3-5-10-19/h6-8,12H,2-5,9-11,13-14H2,1H3,(H,18,20). The average molecular weight is 371 g/mol. The van der Waals surface area contributed by atoms with Gasteiger partial charge in [-0.25, -0.2) is 8.42 Å². The number of carbonyl (C=O) groups is 1. The van der Waals surface area contributed by atoms with Crippen LogP contribution in [-0.2, 0) is 21.4 Å². The maximum atomic E-state index is 12.7. The Morgan fingerprint density at radius 3 is 2.71 bits per heavy atom. The molecule has 0 saturated carbocycles. The van der Waals surface area contributed by atoms with Gasteiger partial charge in [0.05, 0.1) is 10.6 Å². The molecule has 1 fully saturated rings. The predicted molar refractivity (Wildman–Crippen MR) is 98.5 cm³/mol. The van der Waals surface area contributed by atoms with Crippen molar-refractivity contribution in [2.24, 2.45) is 0 Å². The highest BCUT2D eigenvalue weighted by Crippen LogP contribution is 2.21. The molecule has 0 bridgehead atoms. The SMILES string of the molecule is CCCSCC(=O)NCc1cccc(S(=O)(=O)N2CCCCC2)c1. The van der Waals surface area contributed by atoms with Gasteiger partial charge in [-0.05, 0) is 42.7 Å². The van der Waals surface area contributed by atoms with Crippen LogP contribution in [0, 0.1) is 0 Å². The molecule has 1 aromatic carbocycles. The summed E-state index contributed by atoms with van der Waals surface area (Å²) in [4.78, 5) is 12.1. The second-order valence-corrected chi connectivity index (χ2v) is 8.98. The van der Waals surface area contributed by atoms with Gasteiger partial charge in [0.15, 0.2) is 0 Å². The highest BCUT2D eigenvalue weighted by atomic mass is 32.2. The molecule has 134 valence electrons. The largest absolute Gasteiger partial charge is 0.351 e. The molecule has 1 saturated heterocycles. The summed E-state index contributed by atoms with van der Waals surface area (Å²) in [6.07, 6.45) is 3.98. The second-order valence-electron chi connectivity index (χ2n) is 5.94. The number of amides is 1. The average Bonchev–Trinajstić information content (AvgIpc) is 2.61. The molecule has 1 heterocycles. The molecule has 7 heteroatoms. The normalized spacial score (nSPS) is 16.0. The quantitative estimate of drug-likeness (QED) is 0.715. The molecule has 1 amide bonds. The van der Waals surface area contributed by atoms with Gasteiger partial charge in [0.2, 0.25) is 15.9 Å². The Kier molecular flexibility index (Phi) is 7.58. The number of benzene rings is 1. The van der Waals surface area contributed by atoms with E-state index in [-0.39, 0.29) is 5.91 Å². The summed E-state index contributed by atoms with van der Waals surface area (Å²) in [7, 11) is -3.42. The van der Waals surface area contributed by atoms with Crippen LogP contribution in [-0.4, -0.2) is 43.2 Å². The summed E-state index contributed by atoms with van der Waals surface area (Å²) in [5.74, 6) is 1.40. The summed E-state index contributed by atoms with van der Waals surface area (Å²) in [5, 5.41) is 2.85. The number of nitrogens with zero attached hydrogens (tertiary/aromatic N) is 1. The van der Waals surface area contributed by atoms with Crippen LogP contribution in [0.2, 0.25) is 0 Å². The lowest BCUT2D eigenvalue weighted by Crippen LogP contribution is -2.35. The fourth-order valence-electron chi connectivity index (χ4n) is 2.63. The van der Waals surface area contributed by atoms with Crippen LogP contribution >= 0.6 is 11.8 Å². The lowest BCUT2D eigenvalue weighted by molar-refractivity contribution is -0.118. The molecule has 2 rings (SSSR count). The fourth-order valence-corrected chi connectivity index (χ4v) is 4.94. The van der Waals surface area contributed by atoms with E-state index in [0.29, 0.717) is 30.3 Å². The molecule has 0 aliphatic carbocycles. The maximum Gasteiger partial charge on any atom is 0.243 e. The first-order chi connectivity index (χ1) is 11.5. The van der Waals surface area contributed by atoms with Gasteiger partial charge in [-0.2, -0.15) is 16.1 Å². The number of nitrogens with one attached hydrogen (secondary N) is 1. The molecule has 1 aliphatic rings. The smallest absolute Gasteiger partial charge is 0.243 e. The molecule has 5 nitrogen and oxygen atoms in total. The van der Waals surface area contributed by atoms with E-state index >= 15 is 0 Å². The number of thioether (sulfide) groups is 1. The summed E-state index contributed by atoms with van der Waals surface area (Å²) in [6, 6.07) is 6.88. The van der Waals surface area contributed by atoms with E-state index in [1.54, 1.807) is 34.3 Å². The molecular weight excluding hydrogens is 344 g/mol. The minimum Gasteiger partial charge on any atom is -0.351 e. The van der Waals surface area contributed by atoms with E-state index < -0.39 is 10.0 Å². The Bertz CT molecular complexity index is 641. The van der Waals surface area contributed by atoms with E-state index in [1.807, 2.05) is 6.07 Å². The third-order valence-electron chi connectivity index (χ3n) is 3.92. The summed E-state index contributed by atoms with van der Waals surface area (Å²) >= 11 is 1.61. The Morgan fingerprint density at radius 2 is 2.00 bits per heavy atom. The Balaban J connectivity index is 1.97. The Morgan fingerprint density at radius 1 is 1.25 bits per heavy atom. The lowest BCUT2D eigenvalue weighted by atomic mass is 10.2. The van der Waals surface area contributed by atoms with E-state index in [0.717, 1.165) is 37.0 Å². The van der Waals surface area contributed by atoms with Crippen molar-refractivity contribution >= 4 is 27.7 Å². The van der Waals surface area contributed by atoms with Gasteiger partial charge in [0.25, 0.3) is 0 Å². The molecule has 24 heavy (non-hydrogen) atoms. The summed E-state index contributed by atoms with van der Waals surface area (Å²) in [5.41, 5.74) is 0.807. The Labute approximate surface area is 149 Å². The van der Waals surface area contributed by atoms with Crippen LogP contribution < -0.4 is 5.32 Å². The van der Waals surface area contributed by atoms with Crippen LogP contribution in [0.1, 0.15) is 38.2 Å². The van der Waals surface area contributed by atoms with E-state index in [2.05, 4.69) is 12.2 Å². The minimum atomic E-state index is -3.42. The first-order valence-electron chi connectivity index (χ1n) is 8.47. The van der Waals surface area contributed by atoms with Crippen molar-refractivity contribution in [1.29, 1.82) is 0 Å². The molecule has 0 aromatic heterocycles. The zero-order valence-corrected chi connectivity index (χ0v) is 15.8. The maximum absolute atomic E-state index is 12.7. The number of sulfonamides is 1. The van der Waals surface area contributed by atoms with Crippen molar-refractivity contribution in [2.75, 3.05) is 24.6 Å². The van der Waals surface area contributed by atoms with Gasteiger partial charge in [-0.3, -0.25) is 4.79 Å². The molecule has 0 spiro atoms. The first-order valence-corrected chi connectivity index (χ1v) is 11.1. The third kappa shape index (κ3) is 5.50. The molecule has 1 aromatic rings. The van der Waals surface area contributed by atoms with E-state index in [1.165, 1.54) is 0 Å². The summed E-state index contributed by atoms with van der Waals surface area (Å²) < 4.78 is 26.9. The molecule has 0 radical (unpaired) electrons. The van der Waals surface area contributed by atoms with Crippen LogP contribution in [0.15, 0.2) is 29.2 Å². The van der Waals surface area contributed by atoms with E-state index in [4.69, 9.17) is 0 Å². The zero-order valence-electron chi connectivity index (χ0n) is 14.2. The molecule has 0 atom stereocenters. The van der Waals surface area contributed by atoms with Crippen molar-refractivity contribution in [3.8, 4) is 0 Å². The second kappa shape index (κ2) is 9.44. The van der Waals surface area contributed by atoms with E-state index in [9.17, 15) is 13.2 Å². The number of hydrogen-bond acceptors (Lipinski definition) is 4. The monoisotopic (exact) mass is 370 g/mol. The lowest BCUT2D eigenvalue weighted by Gasteiger charge is -2.26. The number of rotatable bonds is 8. The minimum absolute atomic E-state index is 0.0160. The van der Waals surface area contributed by atoms with Crippen molar-refractivity contribution in [2.45, 2.75) is 44.0 Å². The first kappa shape index (κ1) is 19.3. The van der Waals surface area contributed by atoms with Gasteiger partial charge in [0, 0.05) is 19.6 Å². The highest BCUT2D eigenvalue weighted by molar-refractivity contribution is 7.99. The van der Waals surface area contributed by atoms with Crippen molar-refractivity contribution in [3.05, 3.63) is 29.8 Å². The molecule has 1 N–H and O–H groups in total. The van der Waals surface area contributed by atoms with Gasteiger partial charge in [0.1, 0.15) is 0 Å². The fraction of sp³-hybridized carbons (Fsp3) is 0.588. The third-order valence-corrected chi connectivity index (χ3v) is 6.98. The summed E-state index contributed by atoms with van der Waals surface area (Å²) in [6.45, 7) is 3.63. The highest BCUT2D eigenvalue weighted by Gasteiger charge is 2.25. The molecule has 0 unspecified atom stereocenters. The van der Waals surface area contributed by atoms with Crippen molar-refractivity contribution in [3.63, 3.8) is 0 Å². The van der Waals surface area contributed by atoms with Crippen LogP contribution in [0.5, 0.6) is 0 Å². The van der Waals surface area contributed by atoms with Gasteiger partial charge in [-0.1, -0.05) is 25.5 Å². The van der Waals surface area contributed by atoms with Gasteiger partial charge >= 0.3 is 0 Å². The van der Waals surface area contributed by atoms with Crippen LogP contribution in [0.4, 0.5) is 0 Å². The van der Waals surface area contributed by atoms with Gasteiger partial charge in [-0.15, -0.1) is 0 Å². The predicted octanol–water partition coefficient (Wildman–Crippen LogP) is 2.62. The molecule has 1 aliphatic heterocycles. The number of hydrogen-bond donors (Lipinski definition) is 1.